The summed E-state index contributed by atoms with van der Waals surface area (Å²) in [6.07, 6.45) is 0.137. The minimum absolute atomic E-state index is 0.0227. The fourth-order valence-corrected chi connectivity index (χ4v) is 7.63. The van der Waals surface area contributed by atoms with Gasteiger partial charge in [0.15, 0.2) is 0 Å². The van der Waals surface area contributed by atoms with Crippen molar-refractivity contribution in [1.82, 2.24) is 0 Å². The lowest BCUT2D eigenvalue weighted by molar-refractivity contribution is -0.0603. The van der Waals surface area contributed by atoms with E-state index < -0.39 is 39.8 Å². The van der Waals surface area contributed by atoms with Crippen LogP contribution in [0.4, 0.5) is 0 Å². The van der Waals surface area contributed by atoms with Crippen LogP contribution in [-0.4, -0.2) is 200 Å². The van der Waals surface area contributed by atoms with Crippen LogP contribution >= 0.6 is 15.5 Å². The summed E-state index contributed by atoms with van der Waals surface area (Å²) in [6, 6.07) is -1.51. The van der Waals surface area contributed by atoms with Gasteiger partial charge in [0.05, 0.1) is 96.6 Å². The number of rotatable bonds is 19. The molecule has 4 saturated heterocycles. The fourth-order valence-electron chi connectivity index (χ4n) is 5.99. The van der Waals surface area contributed by atoms with Gasteiger partial charge in [-0.25, -0.2) is 0 Å². The molecule has 338 valence electrons. The molecule has 0 aliphatic carbocycles. The number of hydrogen-bond acceptors (Lipinski definition) is 16. The molecule has 5 unspecified atom stereocenters. The van der Waals surface area contributed by atoms with Gasteiger partial charge in [0.25, 0.3) is 0 Å². The molecule has 4 heterocycles. The minimum Gasteiger partial charge on any atom is -0.394 e. The molecule has 2 N–H and O–H groups in total. The predicted molar refractivity (Wildman–Crippen MR) is 230 cm³/mol. The summed E-state index contributed by atoms with van der Waals surface area (Å²) in [5.74, 6) is 0. The van der Waals surface area contributed by atoms with Crippen LogP contribution in [0.1, 0.15) is 81.1 Å². The van der Waals surface area contributed by atoms with Crippen molar-refractivity contribution in [2.75, 3.05) is 61.1 Å². The molecule has 4 rings (SSSR count). The highest BCUT2D eigenvalue weighted by molar-refractivity contribution is 7.60. The number of hydrogen-bond donors (Lipinski definition) is 2. The van der Waals surface area contributed by atoms with E-state index in [0.29, 0.717) is 38.9 Å². The maximum Gasteiger partial charge on any atom is 0.407 e. The van der Waals surface area contributed by atoms with Gasteiger partial charge >= 0.3 is 15.5 Å². The summed E-state index contributed by atoms with van der Waals surface area (Å²) >= 11 is 0. The summed E-state index contributed by atoms with van der Waals surface area (Å²) in [7, 11) is 22.2. The summed E-state index contributed by atoms with van der Waals surface area (Å²) in [4.78, 5) is 0. The minimum atomic E-state index is -3.35. The highest BCUT2D eigenvalue weighted by Gasteiger charge is 2.40. The quantitative estimate of drug-likeness (QED) is 0.142. The molecule has 0 amide bonds. The summed E-state index contributed by atoms with van der Waals surface area (Å²) < 4.78 is 82.8. The van der Waals surface area contributed by atoms with Crippen molar-refractivity contribution in [2.24, 2.45) is 0 Å². The molecular formula is C37H73B4O16P2+. The molecule has 4 aliphatic heterocycles. The highest BCUT2D eigenvalue weighted by Crippen LogP contribution is 2.56. The Kier molecular flexibility index (Phi) is 28.2. The Bertz CT molecular complexity index is 1140. The average Bonchev–Trinajstić information content (AvgIpc) is 3.88. The van der Waals surface area contributed by atoms with Crippen molar-refractivity contribution in [2.45, 2.75) is 178 Å². The Labute approximate surface area is 360 Å². The van der Waals surface area contributed by atoms with E-state index in [4.69, 9.17) is 97.0 Å². The first kappa shape index (κ1) is 57.3. The predicted octanol–water partition coefficient (Wildman–Crippen LogP) is 3.43. The maximum absolute atomic E-state index is 12.8. The lowest BCUT2D eigenvalue weighted by Gasteiger charge is -2.26. The molecule has 8 radical (unpaired) electrons. The van der Waals surface area contributed by atoms with Crippen LogP contribution in [0.2, 0.25) is 0 Å². The van der Waals surface area contributed by atoms with Crippen LogP contribution in [-0.2, 0) is 65.1 Å². The van der Waals surface area contributed by atoms with Crippen LogP contribution in [0.5, 0.6) is 0 Å². The Morgan fingerprint density at radius 1 is 0.610 bits per heavy atom. The molecule has 4 fully saturated rings. The summed E-state index contributed by atoms with van der Waals surface area (Å²) in [5, 5.41) is 18.3. The summed E-state index contributed by atoms with van der Waals surface area (Å²) in [6.45, 7) is 19.6. The molecular weight excluding hydrogens is 806 g/mol. The van der Waals surface area contributed by atoms with E-state index in [1.165, 1.54) is 6.66 Å². The monoisotopic (exact) mass is 879 g/mol. The molecule has 0 bridgehead atoms. The standard InChI is InChI=1S/C17H31B2O7P.2C8H15BO3.C4H12O3P/c1-10(2)21-8-14-13(7-17(19)24-14)26-27(5,20)22-9-15-12(23-11(3)4)6-16(18)25-15;1-5(2)11-4-7-6(10)3-8(9)12-7;1-5(2)11-6-3-8(9)12-7(6)4-10;1-5-8(4,6-2)7-3/h10-17H,6-9H2,1-5H3;2*5-8,10H,3-4H2,1-2H3;1-4H3/q;;;+1/t12?,13?,14-,15-,16-,17-,27?;2*6?,7-,8-;/m111./s1. The molecule has 0 aromatic heterocycles. The zero-order valence-electron chi connectivity index (χ0n) is 37.7. The van der Waals surface area contributed by atoms with E-state index >= 15 is 0 Å². The number of aliphatic hydroxyl groups excluding tert-OH is 2. The molecule has 22 heteroatoms. The Morgan fingerprint density at radius 3 is 1.36 bits per heavy atom. The topological polar surface area (TPSA) is 178 Å². The van der Waals surface area contributed by atoms with Gasteiger partial charge in [0.1, 0.15) is 62.5 Å². The van der Waals surface area contributed by atoms with Gasteiger partial charge in [-0.3, -0.25) is 4.57 Å². The first-order chi connectivity index (χ1) is 27.5. The van der Waals surface area contributed by atoms with Gasteiger partial charge in [0.2, 0.25) is 0 Å². The van der Waals surface area contributed by atoms with Crippen LogP contribution in [0.3, 0.4) is 0 Å². The van der Waals surface area contributed by atoms with Gasteiger partial charge < -0.3 is 57.2 Å². The van der Waals surface area contributed by atoms with Gasteiger partial charge in [-0.15, -0.1) is 0 Å². The second kappa shape index (κ2) is 29.0. The number of aliphatic hydroxyl groups is 2. The van der Waals surface area contributed by atoms with Gasteiger partial charge in [-0.05, 0) is 81.1 Å². The number of ether oxygens (including phenoxy) is 8. The van der Waals surface area contributed by atoms with Crippen LogP contribution in [0, 0.1) is 0 Å². The molecule has 4 aliphatic rings. The van der Waals surface area contributed by atoms with E-state index in [1.54, 1.807) is 28.0 Å². The zero-order valence-corrected chi connectivity index (χ0v) is 39.5. The van der Waals surface area contributed by atoms with E-state index in [2.05, 4.69) is 0 Å². The largest absolute Gasteiger partial charge is 0.407 e. The van der Waals surface area contributed by atoms with Crippen LogP contribution < -0.4 is 0 Å². The fraction of sp³-hybridized carbons (Fsp3) is 1.00. The van der Waals surface area contributed by atoms with E-state index in [9.17, 15) is 9.67 Å². The van der Waals surface area contributed by atoms with Crippen molar-refractivity contribution in [3.05, 3.63) is 0 Å². The molecule has 59 heavy (non-hydrogen) atoms. The summed E-state index contributed by atoms with van der Waals surface area (Å²) in [5.41, 5.74) is 0. The normalized spacial score (nSPS) is 33.1. The zero-order chi connectivity index (χ0) is 45.1. The molecule has 16 nitrogen and oxygen atoms in total. The van der Waals surface area contributed by atoms with Gasteiger partial charge in [-0.2, -0.15) is 13.6 Å². The molecule has 0 spiro atoms. The lowest BCUT2D eigenvalue weighted by atomic mass is 9.96. The highest BCUT2D eigenvalue weighted by atomic mass is 31.2. The first-order valence-electron chi connectivity index (χ1n) is 20.4. The SMILES string of the molecule is CO[P+](C)(OC)OC.[B][C@H]1CC(O)[C@@H](COC(C)C)O1.[B][C@H]1CC(OC(C)C)[C@@H](CO)O1.[B][C@H]1CC(OC(C)C)[C@@H](COP(C)(=O)OC2C[C@H]([B])O[C@@H]2COC(C)C)O1. The van der Waals surface area contributed by atoms with Crippen molar-refractivity contribution < 1.29 is 75.3 Å². The van der Waals surface area contributed by atoms with Crippen molar-refractivity contribution in [1.29, 1.82) is 0 Å². The van der Waals surface area contributed by atoms with Crippen molar-refractivity contribution in [3.63, 3.8) is 0 Å². The second-order valence-corrected chi connectivity index (χ2v) is 20.4. The maximum atomic E-state index is 12.8. The Balaban J connectivity index is 0.000000449. The third kappa shape index (κ3) is 23.7. The molecule has 0 aromatic rings. The smallest absolute Gasteiger partial charge is 0.394 e. The molecule has 0 saturated carbocycles. The van der Waals surface area contributed by atoms with Gasteiger partial charge in [-0.1, -0.05) is 0 Å². The average molecular weight is 879 g/mol. The van der Waals surface area contributed by atoms with Crippen LogP contribution in [0.25, 0.3) is 0 Å². The van der Waals surface area contributed by atoms with Crippen LogP contribution in [0.15, 0.2) is 0 Å². The first-order valence-corrected chi connectivity index (χ1v) is 24.4. The van der Waals surface area contributed by atoms with E-state index in [-0.39, 0.29) is 86.3 Å². The van der Waals surface area contributed by atoms with Gasteiger partial charge in [0, 0.05) is 30.7 Å². The Morgan fingerprint density at radius 2 is 0.983 bits per heavy atom. The van der Waals surface area contributed by atoms with Crippen molar-refractivity contribution in [3.8, 4) is 0 Å². The third-order valence-corrected chi connectivity index (χ3v) is 12.3. The van der Waals surface area contributed by atoms with E-state index in [0.717, 1.165) is 0 Å². The molecule has 13 atom stereocenters. The Hall–Kier alpha value is 0.320. The molecule has 0 aromatic carbocycles. The van der Waals surface area contributed by atoms with Crippen molar-refractivity contribution >= 4 is 46.9 Å². The second-order valence-electron chi connectivity index (χ2n) is 15.8. The lowest BCUT2D eigenvalue weighted by Crippen LogP contribution is -2.32. The third-order valence-electron chi connectivity index (χ3n) is 9.00. The van der Waals surface area contributed by atoms with E-state index in [1.807, 2.05) is 55.4 Å².